The van der Waals surface area contributed by atoms with Gasteiger partial charge in [0, 0.05) is 24.8 Å². The molecule has 1 N–H and O–H groups in total. The summed E-state index contributed by atoms with van der Waals surface area (Å²) in [4.78, 5) is 2.55. The van der Waals surface area contributed by atoms with E-state index in [4.69, 9.17) is 0 Å². The van der Waals surface area contributed by atoms with Crippen molar-refractivity contribution in [1.82, 2.24) is 4.90 Å². The third kappa shape index (κ3) is 3.45. The normalized spacial score (nSPS) is 20.6. The number of hydrogen-bond donors (Lipinski definition) is 1. The van der Waals surface area contributed by atoms with E-state index in [1.807, 2.05) is 6.07 Å². The van der Waals surface area contributed by atoms with Crippen LogP contribution in [-0.4, -0.2) is 30.6 Å². The summed E-state index contributed by atoms with van der Waals surface area (Å²) in [5, 5.41) is 3.29. The summed E-state index contributed by atoms with van der Waals surface area (Å²) >= 11 is 0. The van der Waals surface area contributed by atoms with Gasteiger partial charge in [-0.05, 0) is 43.5 Å². The summed E-state index contributed by atoms with van der Waals surface area (Å²) in [6.45, 7) is 7.71. The van der Waals surface area contributed by atoms with Crippen molar-refractivity contribution in [2.75, 3.05) is 25.0 Å². The zero-order valence-corrected chi connectivity index (χ0v) is 11.3. The van der Waals surface area contributed by atoms with Crippen LogP contribution in [0.2, 0.25) is 0 Å². The molecule has 1 aliphatic rings. The van der Waals surface area contributed by atoms with Crippen molar-refractivity contribution < 1.29 is 4.39 Å². The molecule has 0 radical (unpaired) electrons. The minimum absolute atomic E-state index is 0.179. The molecule has 2 rings (SSSR count). The maximum absolute atomic E-state index is 13.0. The number of anilines is 1. The molecule has 2 nitrogen and oxygen atoms in total. The van der Waals surface area contributed by atoms with E-state index in [0.717, 1.165) is 30.7 Å². The van der Waals surface area contributed by atoms with Crippen LogP contribution >= 0.6 is 0 Å². The molecule has 1 aromatic carbocycles. The minimum Gasteiger partial charge on any atom is -0.384 e. The van der Waals surface area contributed by atoms with Gasteiger partial charge in [0.05, 0.1) is 0 Å². The lowest BCUT2D eigenvalue weighted by Gasteiger charge is -2.27. The molecule has 1 unspecified atom stereocenters. The molecule has 1 fully saturated rings. The van der Waals surface area contributed by atoms with Gasteiger partial charge in [0.1, 0.15) is 5.82 Å². The van der Waals surface area contributed by atoms with Crippen LogP contribution in [0, 0.1) is 11.7 Å². The van der Waals surface area contributed by atoms with Gasteiger partial charge >= 0.3 is 0 Å². The number of benzene rings is 1. The van der Waals surface area contributed by atoms with E-state index in [9.17, 15) is 4.39 Å². The molecule has 1 atom stereocenters. The molecule has 1 aliphatic heterocycles. The van der Waals surface area contributed by atoms with Gasteiger partial charge in [-0.3, -0.25) is 4.90 Å². The van der Waals surface area contributed by atoms with E-state index in [2.05, 4.69) is 24.1 Å². The van der Waals surface area contributed by atoms with Gasteiger partial charge < -0.3 is 5.32 Å². The predicted molar refractivity (Wildman–Crippen MR) is 74.3 cm³/mol. The van der Waals surface area contributed by atoms with Crippen LogP contribution in [0.4, 0.5) is 10.1 Å². The Balaban J connectivity index is 1.78. The lowest BCUT2D eigenvalue weighted by Crippen LogP contribution is -2.36. The molecule has 1 heterocycles. The van der Waals surface area contributed by atoms with E-state index >= 15 is 0 Å². The molecule has 1 saturated heterocycles. The van der Waals surface area contributed by atoms with Crippen LogP contribution in [0.3, 0.4) is 0 Å². The monoisotopic (exact) mass is 250 g/mol. The van der Waals surface area contributed by atoms with Crippen LogP contribution in [0.15, 0.2) is 24.3 Å². The fourth-order valence-electron chi connectivity index (χ4n) is 2.83. The average molecular weight is 250 g/mol. The van der Waals surface area contributed by atoms with Crippen molar-refractivity contribution in [2.24, 2.45) is 5.92 Å². The highest BCUT2D eigenvalue weighted by molar-refractivity contribution is 5.42. The van der Waals surface area contributed by atoms with Crippen LogP contribution in [0.5, 0.6) is 0 Å². The summed E-state index contributed by atoms with van der Waals surface area (Å²) in [6.07, 6.45) is 2.63. The highest BCUT2D eigenvalue weighted by Gasteiger charge is 2.26. The molecule has 0 bridgehead atoms. The van der Waals surface area contributed by atoms with Crippen LogP contribution in [0.25, 0.3) is 0 Å². The van der Waals surface area contributed by atoms with E-state index in [1.165, 1.54) is 25.5 Å². The van der Waals surface area contributed by atoms with Gasteiger partial charge in [0.25, 0.3) is 0 Å². The van der Waals surface area contributed by atoms with Gasteiger partial charge in [0.15, 0.2) is 0 Å². The Morgan fingerprint density at radius 3 is 3.00 bits per heavy atom. The van der Waals surface area contributed by atoms with Crippen molar-refractivity contribution in [3.05, 3.63) is 30.1 Å². The third-order valence-electron chi connectivity index (χ3n) is 3.74. The van der Waals surface area contributed by atoms with E-state index < -0.39 is 0 Å². The maximum atomic E-state index is 13.0. The predicted octanol–water partition coefficient (Wildman–Crippen LogP) is 3.36. The number of nitrogens with zero attached hydrogens (tertiary/aromatic N) is 1. The van der Waals surface area contributed by atoms with E-state index in [-0.39, 0.29) is 5.82 Å². The second-order valence-electron chi connectivity index (χ2n) is 5.43. The standard InChI is InChI=1S/C15H23FN2/c1-12(2)15-7-4-9-18(15)10-8-17-14-6-3-5-13(16)11-14/h3,5-6,11-12,15,17H,4,7-10H2,1-2H3. The van der Waals surface area contributed by atoms with Gasteiger partial charge in [-0.15, -0.1) is 0 Å². The lowest BCUT2D eigenvalue weighted by atomic mass is 10.0. The Hall–Kier alpha value is -1.09. The second-order valence-corrected chi connectivity index (χ2v) is 5.43. The first kappa shape index (κ1) is 13.3. The van der Waals surface area contributed by atoms with Crippen LogP contribution in [0.1, 0.15) is 26.7 Å². The molecule has 3 heteroatoms. The topological polar surface area (TPSA) is 15.3 Å². The molecule has 18 heavy (non-hydrogen) atoms. The summed E-state index contributed by atoms with van der Waals surface area (Å²) < 4.78 is 13.0. The Morgan fingerprint density at radius 1 is 1.44 bits per heavy atom. The van der Waals surface area contributed by atoms with Crippen molar-refractivity contribution >= 4 is 5.69 Å². The number of halogens is 1. The van der Waals surface area contributed by atoms with Crippen LogP contribution in [-0.2, 0) is 0 Å². The fraction of sp³-hybridized carbons (Fsp3) is 0.600. The summed E-state index contributed by atoms with van der Waals surface area (Å²) in [5.74, 6) is 0.544. The fourth-order valence-corrected chi connectivity index (χ4v) is 2.83. The average Bonchev–Trinajstić information content (AvgIpc) is 2.77. The van der Waals surface area contributed by atoms with Crippen molar-refractivity contribution in [1.29, 1.82) is 0 Å². The molecule has 0 aliphatic carbocycles. The third-order valence-corrected chi connectivity index (χ3v) is 3.74. The first-order valence-electron chi connectivity index (χ1n) is 6.90. The summed E-state index contributed by atoms with van der Waals surface area (Å²) in [7, 11) is 0. The Bertz CT molecular complexity index is 379. The smallest absolute Gasteiger partial charge is 0.125 e. The Morgan fingerprint density at radius 2 is 2.28 bits per heavy atom. The zero-order valence-electron chi connectivity index (χ0n) is 11.3. The highest BCUT2D eigenvalue weighted by Crippen LogP contribution is 2.23. The Kier molecular flexibility index (Phi) is 4.59. The first-order valence-corrected chi connectivity index (χ1v) is 6.90. The quantitative estimate of drug-likeness (QED) is 0.862. The molecule has 0 saturated carbocycles. The van der Waals surface area contributed by atoms with Gasteiger partial charge in [-0.2, -0.15) is 0 Å². The number of rotatable bonds is 5. The van der Waals surface area contributed by atoms with E-state index in [1.54, 1.807) is 12.1 Å². The summed E-state index contributed by atoms with van der Waals surface area (Å²) in [6, 6.07) is 7.39. The van der Waals surface area contributed by atoms with Gasteiger partial charge in [-0.25, -0.2) is 4.39 Å². The maximum Gasteiger partial charge on any atom is 0.125 e. The molecule has 0 amide bonds. The first-order chi connectivity index (χ1) is 8.66. The SMILES string of the molecule is CC(C)C1CCCN1CCNc1cccc(F)c1. The lowest BCUT2D eigenvalue weighted by molar-refractivity contribution is 0.214. The number of nitrogens with one attached hydrogen (secondary N) is 1. The van der Waals surface area contributed by atoms with Gasteiger partial charge in [-0.1, -0.05) is 19.9 Å². The van der Waals surface area contributed by atoms with Crippen LogP contribution < -0.4 is 5.32 Å². The second kappa shape index (κ2) is 6.19. The molecule has 0 aromatic heterocycles. The van der Waals surface area contributed by atoms with Crippen molar-refractivity contribution in [2.45, 2.75) is 32.7 Å². The van der Waals surface area contributed by atoms with Gasteiger partial charge in [0.2, 0.25) is 0 Å². The van der Waals surface area contributed by atoms with Crippen molar-refractivity contribution in [3.8, 4) is 0 Å². The minimum atomic E-state index is -0.179. The number of likely N-dealkylation sites (tertiary alicyclic amines) is 1. The molecule has 100 valence electrons. The zero-order chi connectivity index (χ0) is 13.0. The largest absolute Gasteiger partial charge is 0.384 e. The molecule has 1 aromatic rings. The highest BCUT2D eigenvalue weighted by atomic mass is 19.1. The van der Waals surface area contributed by atoms with Crippen molar-refractivity contribution in [3.63, 3.8) is 0 Å². The number of hydrogen-bond acceptors (Lipinski definition) is 2. The van der Waals surface area contributed by atoms with E-state index in [0.29, 0.717) is 0 Å². The Labute approximate surface area is 109 Å². The molecule has 0 spiro atoms. The molecular formula is C15H23FN2. The summed E-state index contributed by atoms with van der Waals surface area (Å²) in [5.41, 5.74) is 0.871. The molecular weight excluding hydrogens is 227 g/mol.